The standard InChI is InChI=1S/C20H22N8O5.C19H20N8O5/c1-28(9-11-8-23-17-15(24-11)16(21)26-20(22)27-17)12-4-2-10(3-5-12)18(31)25-13(19(32)33)6-7-14(29)30;20-15-14-16(27-19(21)26-15)23-8-11(24-14)7-22-10-3-1-9(2-4-10)17(30)25-12(18(31)32)5-6-13(28)29/h2-5,8,13H,6-7,9H2,1H3,(H,25,31)(H,29,30)(H,32,33)(H4,21,22,23,26,27);1-4,8,12,22H,5-7H2,(H,25,30)(H,28,29)(H,31,32)(H4,20,21,23,26,27)/t13-;/m0./s1. The number of carboxylic acids is 4. The van der Waals surface area contributed by atoms with Gasteiger partial charge in [-0.15, -0.1) is 0 Å². The number of nitrogens with one attached hydrogen (secondary N) is 3. The molecule has 0 aliphatic heterocycles. The number of fused-ring (bicyclic) bond motifs is 2. The Labute approximate surface area is 366 Å². The zero-order chi connectivity index (χ0) is 47.4. The molecule has 2 aromatic carbocycles. The van der Waals surface area contributed by atoms with Crippen LogP contribution in [0.1, 0.15) is 57.8 Å². The molecule has 0 radical (unpaired) electrons. The van der Waals surface area contributed by atoms with E-state index in [1.807, 2.05) is 11.9 Å². The second-order valence-electron chi connectivity index (χ2n) is 13.9. The Morgan fingerprint density at radius 3 is 1.48 bits per heavy atom. The Kier molecular flexibility index (Phi) is 15.3. The lowest BCUT2D eigenvalue weighted by atomic mass is 10.1. The van der Waals surface area contributed by atoms with Crippen molar-refractivity contribution in [2.45, 2.75) is 50.9 Å². The van der Waals surface area contributed by atoms with Gasteiger partial charge in [0.2, 0.25) is 11.9 Å². The highest BCUT2D eigenvalue weighted by Gasteiger charge is 2.23. The molecule has 4 heterocycles. The topological polar surface area (TPSA) is 430 Å². The van der Waals surface area contributed by atoms with Crippen LogP contribution in [0.25, 0.3) is 22.3 Å². The Hall–Kier alpha value is -9.10. The van der Waals surface area contributed by atoms with E-state index in [1.54, 1.807) is 30.5 Å². The molecule has 0 aliphatic carbocycles. The van der Waals surface area contributed by atoms with Gasteiger partial charge in [0.05, 0.1) is 36.9 Å². The molecular formula is C39H42N16O10. The molecular weight excluding hydrogens is 853 g/mol. The van der Waals surface area contributed by atoms with Crippen LogP contribution in [0.5, 0.6) is 0 Å². The summed E-state index contributed by atoms with van der Waals surface area (Å²) in [5.41, 5.74) is 27.1. The molecule has 0 fully saturated rings. The number of amides is 2. The molecule has 26 heteroatoms. The number of carboxylic acid groups (broad SMARTS) is 4. The number of hydrogen-bond acceptors (Lipinski definition) is 20. The summed E-state index contributed by atoms with van der Waals surface area (Å²) in [6.07, 6.45) is 1.89. The van der Waals surface area contributed by atoms with E-state index in [0.29, 0.717) is 46.8 Å². The van der Waals surface area contributed by atoms with Crippen molar-refractivity contribution in [3.05, 3.63) is 83.4 Å². The fourth-order valence-corrected chi connectivity index (χ4v) is 5.79. The second kappa shape index (κ2) is 21.1. The van der Waals surface area contributed by atoms with E-state index in [9.17, 15) is 33.9 Å². The Balaban J connectivity index is 0.000000244. The highest BCUT2D eigenvalue weighted by Crippen LogP contribution is 2.20. The van der Waals surface area contributed by atoms with Gasteiger partial charge in [-0.05, 0) is 61.4 Å². The maximum absolute atomic E-state index is 12.4. The average molecular weight is 895 g/mol. The summed E-state index contributed by atoms with van der Waals surface area (Å²) in [6, 6.07) is 10.1. The lowest BCUT2D eigenvalue weighted by molar-refractivity contribution is -0.142. The molecule has 0 aliphatic rings. The number of carbonyl (C=O) groups is 6. The smallest absolute Gasteiger partial charge is 0.326 e. The number of carbonyl (C=O) groups excluding carboxylic acids is 2. The first kappa shape index (κ1) is 47.0. The van der Waals surface area contributed by atoms with Gasteiger partial charge in [-0.2, -0.15) is 19.9 Å². The van der Waals surface area contributed by atoms with Gasteiger partial charge in [-0.1, -0.05) is 0 Å². The van der Waals surface area contributed by atoms with E-state index in [1.165, 1.54) is 30.5 Å². The van der Waals surface area contributed by atoms with Crippen LogP contribution in [0.2, 0.25) is 0 Å². The average Bonchev–Trinajstić information content (AvgIpc) is 3.26. The molecule has 0 spiro atoms. The number of rotatable bonds is 18. The van der Waals surface area contributed by atoms with Gasteiger partial charge in [0.1, 0.15) is 12.1 Å². The number of aromatic nitrogens is 8. The maximum atomic E-state index is 12.4. The number of hydrogen-bond donors (Lipinski definition) is 11. The largest absolute Gasteiger partial charge is 0.481 e. The maximum Gasteiger partial charge on any atom is 0.326 e. The highest BCUT2D eigenvalue weighted by molar-refractivity contribution is 5.97. The van der Waals surface area contributed by atoms with Crippen LogP contribution in [0.3, 0.4) is 0 Å². The Morgan fingerprint density at radius 2 is 1.03 bits per heavy atom. The first-order valence-corrected chi connectivity index (χ1v) is 19.1. The third-order valence-corrected chi connectivity index (χ3v) is 9.09. The first-order chi connectivity index (χ1) is 30.9. The molecule has 4 aromatic heterocycles. The fourth-order valence-electron chi connectivity index (χ4n) is 5.79. The van der Waals surface area contributed by atoms with Gasteiger partial charge < -0.3 is 64.2 Å². The van der Waals surface area contributed by atoms with Crippen molar-refractivity contribution in [3.63, 3.8) is 0 Å². The van der Waals surface area contributed by atoms with E-state index in [2.05, 4.69) is 55.8 Å². The lowest BCUT2D eigenvalue weighted by Gasteiger charge is -2.19. The van der Waals surface area contributed by atoms with Crippen LogP contribution < -0.4 is 43.8 Å². The number of nitrogens with zero attached hydrogens (tertiary/aromatic N) is 9. The number of nitrogen functional groups attached to an aromatic ring is 4. The van der Waals surface area contributed by atoms with Crippen molar-refractivity contribution >= 4 is 92.9 Å². The Bertz CT molecular complexity index is 2740. The monoisotopic (exact) mass is 894 g/mol. The van der Waals surface area contributed by atoms with Crippen molar-refractivity contribution in [2.24, 2.45) is 0 Å². The second-order valence-corrected chi connectivity index (χ2v) is 13.9. The van der Waals surface area contributed by atoms with Gasteiger partial charge in [0.25, 0.3) is 11.8 Å². The van der Waals surface area contributed by atoms with E-state index in [-0.39, 0.29) is 66.0 Å². The van der Waals surface area contributed by atoms with E-state index in [0.717, 1.165) is 5.69 Å². The Morgan fingerprint density at radius 1 is 0.600 bits per heavy atom. The molecule has 1 unspecified atom stereocenters. The first-order valence-electron chi connectivity index (χ1n) is 19.1. The molecule has 0 bridgehead atoms. The summed E-state index contributed by atoms with van der Waals surface area (Å²) in [5, 5.41) is 43.5. The molecule has 2 amide bonds. The molecule has 0 saturated carbocycles. The van der Waals surface area contributed by atoms with E-state index >= 15 is 0 Å². The normalized spacial score (nSPS) is 11.6. The minimum Gasteiger partial charge on any atom is -0.481 e. The number of anilines is 6. The third-order valence-electron chi connectivity index (χ3n) is 9.09. The van der Waals surface area contributed by atoms with Crippen LogP contribution in [-0.2, 0) is 32.3 Å². The molecule has 338 valence electrons. The molecule has 15 N–H and O–H groups in total. The van der Waals surface area contributed by atoms with Crippen LogP contribution in [0, 0.1) is 0 Å². The van der Waals surface area contributed by atoms with E-state index < -0.39 is 47.8 Å². The predicted octanol–water partition coefficient (Wildman–Crippen LogP) is 0.513. The molecule has 26 nitrogen and oxygen atoms in total. The SMILES string of the molecule is CN(Cc1cnc2nc(N)nc(N)c2n1)c1ccc(C(=O)N[C@@H](CCC(=O)O)C(=O)O)cc1.Nc1nc(N)c2nc(CNc3ccc(C(=O)NC(CCC(=O)O)C(=O)O)cc3)cnc2n1. The van der Waals surface area contributed by atoms with Crippen molar-refractivity contribution in [3.8, 4) is 0 Å². The van der Waals surface area contributed by atoms with Gasteiger partial charge in [-0.3, -0.25) is 19.2 Å². The summed E-state index contributed by atoms with van der Waals surface area (Å²) >= 11 is 0. The third kappa shape index (κ3) is 13.2. The summed E-state index contributed by atoms with van der Waals surface area (Å²) in [6.45, 7) is 0.670. The quantitative estimate of drug-likeness (QED) is 0.0560. The summed E-state index contributed by atoms with van der Waals surface area (Å²) in [7, 11) is 1.82. The molecule has 0 saturated heterocycles. The van der Waals surface area contributed by atoms with Crippen LogP contribution in [0.15, 0.2) is 60.9 Å². The van der Waals surface area contributed by atoms with Crippen LogP contribution in [0.4, 0.5) is 34.9 Å². The molecule has 6 rings (SSSR count). The number of aliphatic carboxylic acids is 4. The number of nitrogens with two attached hydrogens (primary N) is 4. The molecule has 2 atom stereocenters. The van der Waals surface area contributed by atoms with Crippen molar-refractivity contribution in [2.75, 3.05) is 40.2 Å². The molecule has 65 heavy (non-hydrogen) atoms. The van der Waals surface area contributed by atoms with Gasteiger partial charge in [-0.25, -0.2) is 29.5 Å². The minimum absolute atomic E-state index is 0.0101. The highest BCUT2D eigenvalue weighted by atomic mass is 16.4. The van der Waals surface area contributed by atoms with Crippen molar-refractivity contribution in [1.82, 2.24) is 50.5 Å². The molecule has 6 aromatic rings. The lowest BCUT2D eigenvalue weighted by Crippen LogP contribution is -2.41. The fraction of sp³-hybridized carbons (Fsp3) is 0.231. The number of benzene rings is 2. The van der Waals surface area contributed by atoms with Crippen LogP contribution >= 0.6 is 0 Å². The summed E-state index contributed by atoms with van der Waals surface area (Å²) < 4.78 is 0. The van der Waals surface area contributed by atoms with Gasteiger partial charge in [0, 0.05) is 42.4 Å². The van der Waals surface area contributed by atoms with Crippen molar-refractivity contribution < 1.29 is 49.2 Å². The zero-order valence-corrected chi connectivity index (χ0v) is 34.2. The van der Waals surface area contributed by atoms with Crippen molar-refractivity contribution in [1.29, 1.82) is 0 Å². The van der Waals surface area contributed by atoms with Crippen LogP contribution in [-0.4, -0.2) is 115 Å². The predicted molar refractivity (Wildman–Crippen MR) is 232 cm³/mol. The summed E-state index contributed by atoms with van der Waals surface area (Å²) in [5.74, 6) is -5.84. The zero-order valence-electron chi connectivity index (χ0n) is 34.2. The van der Waals surface area contributed by atoms with Gasteiger partial charge in [0.15, 0.2) is 34.0 Å². The summed E-state index contributed by atoms with van der Waals surface area (Å²) in [4.78, 5) is 103. The van der Waals surface area contributed by atoms with Gasteiger partial charge >= 0.3 is 23.9 Å². The van der Waals surface area contributed by atoms with E-state index in [4.69, 9.17) is 38.3 Å². The minimum atomic E-state index is -1.30.